The molecule has 1 aliphatic heterocycles. The van der Waals surface area contributed by atoms with Crippen LogP contribution in [0.15, 0.2) is 48.7 Å². The molecule has 0 aliphatic carbocycles. The molecule has 1 unspecified atom stereocenters. The molecule has 1 aromatic carbocycles. The van der Waals surface area contributed by atoms with Gasteiger partial charge in [0.1, 0.15) is 11.9 Å². The van der Waals surface area contributed by atoms with E-state index in [2.05, 4.69) is 10.2 Å². The third-order valence-corrected chi connectivity index (χ3v) is 5.34. The molecule has 31 heavy (non-hydrogen) atoms. The first-order valence-electron chi connectivity index (χ1n) is 10.1. The van der Waals surface area contributed by atoms with Crippen LogP contribution in [0.5, 0.6) is 11.5 Å². The van der Waals surface area contributed by atoms with Crippen molar-refractivity contribution in [3.63, 3.8) is 0 Å². The molecule has 1 amide bonds. The van der Waals surface area contributed by atoms with Gasteiger partial charge < -0.3 is 14.4 Å². The Labute approximate surface area is 180 Å². The molecule has 0 spiro atoms. The first-order chi connectivity index (χ1) is 15.2. The Morgan fingerprint density at radius 2 is 2.19 bits per heavy atom. The van der Waals surface area contributed by atoms with Crippen LogP contribution in [-0.4, -0.2) is 52.2 Å². The lowest BCUT2D eigenvalue weighted by Crippen LogP contribution is -2.38. The Bertz CT molecular complexity index is 1150. The number of carbonyl (C=O) groups excluding carboxylic acids is 1. The van der Waals surface area contributed by atoms with Crippen molar-refractivity contribution in [2.24, 2.45) is 0 Å². The molecular formula is C23H23N5O3. The van der Waals surface area contributed by atoms with Gasteiger partial charge in [0, 0.05) is 31.3 Å². The summed E-state index contributed by atoms with van der Waals surface area (Å²) in [6.45, 7) is 1.28. The number of nitrogens with zero attached hydrogens (tertiary/aromatic N) is 5. The fourth-order valence-electron chi connectivity index (χ4n) is 3.82. The van der Waals surface area contributed by atoms with Crippen LogP contribution >= 0.6 is 0 Å². The van der Waals surface area contributed by atoms with Crippen molar-refractivity contribution in [2.75, 3.05) is 26.8 Å². The summed E-state index contributed by atoms with van der Waals surface area (Å²) >= 11 is 0. The monoisotopic (exact) mass is 417 g/mol. The number of methoxy groups -OCH3 is 1. The maximum Gasteiger partial charge on any atom is 0.246 e. The van der Waals surface area contributed by atoms with Gasteiger partial charge in [-0.25, -0.2) is 0 Å². The van der Waals surface area contributed by atoms with Crippen LogP contribution in [-0.2, 0) is 4.79 Å². The first-order valence-corrected chi connectivity index (χ1v) is 10.1. The number of nitriles is 1. The summed E-state index contributed by atoms with van der Waals surface area (Å²) in [4.78, 5) is 14.7. The van der Waals surface area contributed by atoms with Crippen LogP contribution in [0.3, 0.4) is 0 Å². The Balaban J connectivity index is 1.44. The molecule has 8 nitrogen and oxygen atoms in total. The molecule has 3 aromatic rings. The van der Waals surface area contributed by atoms with E-state index >= 15 is 0 Å². The lowest BCUT2D eigenvalue weighted by Gasteiger charge is -2.31. The van der Waals surface area contributed by atoms with E-state index in [0.29, 0.717) is 18.0 Å². The van der Waals surface area contributed by atoms with E-state index in [0.717, 1.165) is 36.4 Å². The van der Waals surface area contributed by atoms with Gasteiger partial charge in [0.2, 0.25) is 5.91 Å². The van der Waals surface area contributed by atoms with E-state index in [-0.39, 0.29) is 18.4 Å². The van der Waals surface area contributed by atoms with Gasteiger partial charge in [0.05, 0.1) is 7.11 Å². The number of hydrogen-bond acceptors (Lipinski definition) is 6. The van der Waals surface area contributed by atoms with Crippen LogP contribution < -0.4 is 9.47 Å². The van der Waals surface area contributed by atoms with Crippen molar-refractivity contribution < 1.29 is 14.3 Å². The van der Waals surface area contributed by atoms with E-state index in [1.54, 1.807) is 24.3 Å². The van der Waals surface area contributed by atoms with E-state index in [4.69, 9.17) is 14.7 Å². The molecule has 8 heteroatoms. The molecule has 1 atom stereocenters. The highest BCUT2D eigenvalue weighted by Gasteiger charge is 2.27. The maximum absolute atomic E-state index is 12.8. The molecule has 3 heterocycles. The molecule has 2 aromatic heterocycles. The summed E-state index contributed by atoms with van der Waals surface area (Å²) in [6, 6.07) is 13.1. The summed E-state index contributed by atoms with van der Waals surface area (Å²) in [5, 5.41) is 17.3. The van der Waals surface area contributed by atoms with Gasteiger partial charge in [-0.05, 0) is 48.7 Å². The number of piperidine rings is 1. The van der Waals surface area contributed by atoms with Crippen molar-refractivity contribution in [2.45, 2.75) is 18.8 Å². The predicted molar refractivity (Wildman–Crippen MR) is 115 cm³/mol. The normalized spacial score (nSPS) is 16.4. The van der Waals surface area contributed by atoms with Crippen molar-refractivity contribution in [1.82, 2.24) is 19.5 Å². The Hall–Kier alpha value is -3.86. The number of amides is 1. The SMILES string of the molecule is COc1cc(/C=C/C(=O)N2CCCC(c3nnc4ccccn34)C2)ccc1OCC#N. The minimum absolute atomic E-state index is 0.0395. The molecule has 0 bridgehead atoms. The zero-order valence-electron chi connectivity index (χ0n) is 17.3. The summed E-state index contributed by atoms with van der Waals surface area (Å²) in [5.74, 6) is 2.02. The van der Waals surface area contributed by atoms with Crippen molar-refractivity contribution >= 4 is 17.6 Å². The largest absolute Gasteiger partial charge is 0.493 e. The third-order valence-electron chi connectivity index (χ3n) is 5.34. The summed E-state index contributed by atoms with van der Waals surface area (Å²) in [7, 11) is 1.54. The van der Waals surface area contributed by atoms with E-state index in [1.807, 2.05) is 45.8 Å². The highest BCUT2D eigenvalue weighted by atomic mass is 16.5. The van der Waals surface area contributed by atoms with E-state index < -0.39 is 0 Å². The molecule has 0 radical (unpaired) electrons. The van der Waals surface area contributed by atoms with Gasteiger partial charge in [-0.2, -0.15) is 5.26 Å². The molecule has 1 fully saturated rings. The molecule has 4 rings (SSSR count). The van der Waals surface area contributed by atoms with Gasteiger partial charge in [0.15, 0.2) is 23.8 Å². The lowest BCUT2D eigenvalue weighted by molar-refractivity contribution is -0.127. The fraction of sp³-hybridized carbons (Fsp3) is 0.304. The number of hydrogen-bond donors (Lipinski definition) is 0. The number of aromatic nitrogens is 3. The molecule has 1 saturated heterocycles. The summed E-state index contributed by atoms with van der Waals surface area (Å²) < 4.78 is 12.6. The van der Waals surface area contributed by atoms with Crippen molar-refractivity contribution in [3.8, 4) is 17.6 Å². The number of carbonyl (C=O) groups is 1. The number of fused-ring (bicyclic) bond motifs is 1. The number of ether oxygens (including phenoxy) is 2. The fourth-order valence-corrected chi connectivity index (χ4v) is 3.82. The van der Waals surface area contributed by atoms with Crippen LogP contribution in [0.1, 0.15) is 30.1 Å². The number of pyridine rings is 1. The zero-order valence-corrected chi connectivity index (χ0v) is 17.3. The topological polar surface area (TPSA) is 92.8 Å². The standard InChI is InChI=1S/C23H23N5O3/c1-30-20-15-17(7-9-19(20)31-14-11-24)8-10-22(29)27-12-4-5-18(16-27)23-26-25-21-6-2-3-13-28(21)23/h2-3,6-10,13,15,18H,4-5,12,14,16H2,1H3/b10-8+. The van der Waals surface area contributed by atoms with Gasteiger partial charge in [-0.15, -0.1) is 10.2 Å². The minimum Gasteiger partial charge on any atom is -0.493 e. The predicted octanol–water partition coefficient (Wildman–Crippen LogP) is 3.06. The van der Waals surface area contributed by atoms with E-state index in [9.17, 15) is 4.79 Å². The molecule has 0 N–H and O–H groups in total. The second kappa shape index (κ2) is 9.30. The first kappa shape index (κ1) is 20.4. The molecule has 0 saturated carbocycles. The van der Waals surface area contributed by atoms with Gasteiger partial charge >= 0.3 is 0 Å². The molecule has 1 aliphatic rings. The van der Waals surface area contributed by atoms with Crippen LogP contribution in [0.2, 0.25) is 0 Å². The number of likely N-dealkylation sites (tertiary alicyclic amines) is 1. The molecular weight excluding hydrogens is 394 g/mol. The van der Waals surface area contributed by atoms with Gasteiger partial charge in [-0.3, -0.25) is 9.20 Å². The number of rotatable bonds is 6. The van der Waals surface area contributed by atoms with Crippen LogP contribution in [0.25, 0.3) is 11.7 Å². The lowest BCUT2D eigenvalue weighted by atomic mass is 9.97. The van der Waals surface area contributed by atoms with Gasteiger partial charge in [-0.1, -0.05) is 12.1 Å². The second-order valence-corrected chi connectivity index (χ2v) is 7.30. The quantitative estimate of drug-likeness (QED) is 0.573. The third kappa shape index (κ3) is 4.51. The van der Waals surface area contributed by atoms with Crippen LogP contribution in [0, 0.1) is 11.3 Å². The van der Waals surface area contributed by atoms with Crippen molar-refractivity contribution in [3.05, 3.63) is 60.1 Å². The van der Waals surface area contributed by atoms with E-state index in [1.165, 1.54) is 7.11 Å². The Morgan fingerprint density at radius 1 is 1.29 bits per heavy atom. The second-order valence-electron chi connectivity index (χ2n) is 7.30. The zero-order chi connectivity index (χ0) is 21.6. The average molecular weight is 417 g/mol. The van der Waals surface area contributed by atoms with Gasteiger partial charge in [0.25, 0.3) is 0 Å². The molecule has 158 valence electrons. The number of benzene rings is 1. The van der Waals surface area contributed by atoms with Crippen molar-refractivity contribution in [1.29, 1.82) is 5.26 Å². The maximum atomic E-state index is 12.8. The summed E-state index contributed by atoms with van der Waals surface area (Å²) in [5.41, 5.74) is 1.63. The minimum atomic E-state index is -0.0541. The highest BCUT2D eigenvalue weighted by molar-refractivity contribution is 5.92. The smallest absolute Gasteiger partial charge is 0.246 e. The Kier molecular flexibility index (Phi) is 6.13. The summed E-state index contributed by atoms with van der Waals surface area (Å²) in [6.07, 6.45) is 7.20. The van der Waals surface area contributed by atoms with Crippen LogP contribution in [0.4, 0.5) is 0 Å². The average Bonchev–Trinajstić information content (AvgIpc) is 3.25. The highest BCUT2D eigenvalue weighted by Crippen LogP contribution is 2.29. The Morgan fingerprint density at radius 3 is 3.03 bits per heavy atom.